The highest BCUT2D eigenvalue weighted by Gasteiger charge is 2.19. The van der Waals surface area contributed by atoms with Crippen LogP contribution in [0.3, 0.4) is 0 Å². The van der Waals surface area contributed by atoms with Crippen molar-refractivity contribution in [1.82, 2.24) is 0 Å². The third-order valence-electron chi connectivity index (χ3n) is 2.90. The SMILES string of the molecule is C\C=C(/C=C\C(C=O)=C(\C)CC)C(C)(C)C#N. The summed E-state index contributed by atoms with van der Waals surface area (Å²) in [6.45, 7) is 9.59. The second-order valence-electron chi connectivity index (χ2n) is 4.52. The normalized spacial score (nSPS) is 14.5. The summed E-state index contributed by atoms with van der Waals surface area (Å²) < 4.78 is 0. The summed E-state index contributed by atoms with van der Waals surface area (Å²) in [5.41, 5.74) is 2.14. The lowest BCUT2D eigenvalue weighted by atomic mass is 9.85. The quantitative estimate of drug-likeness (QED) is 0.408. The zero-order chi connectivity index (χ0) is 13.5. The van der Waals surface area contributed by atoms with Gasteiger partial charge in [0.2, 0.25) is 0 Å². The van der Waals surface area contributed by atoms with E-state index in [4.69, 9.17) is 5.26 Å². The Bertz CT molecular complexity index is 403. The fraction of sp³-hybridized carbons (Fsp3) is 0.467. The van der Waals surface area contributed by atoms with Crippen molar-refractivity contribution in [2.24, 2.45) is 5.41 Å². The lowest BCUT2D eigenvalue weighted by Gasteiger charge is -2.16. The van der Waals surface area contributed by atoms with Gasteiger partial charge in [-0.1, -0.05) is 30.7 Å². The van der Waals surface area contributed by atoms with Crippen molar-refractivity contribution >= 4 is 6.29 Å². The highest BCUT2D eigenvalue weighted by Crippen LogP contribution is 2.26. The maximum absolute atomic E-state index is 10.9. The van der Waals surface area contributed by atoms with Gasteiger partial charge in [0.25, 0.3) is 0 Å². The molecule has 0 aliphatic rings. The summed E-state index contributed by atoms with van der Waals surface area (Å²) in [5, 5.41) is 9.07. The molecule has 0 bridgehead atoms. The number of nitrogens with zero attached hydrogens (tertiary/aromatic N) is 1. The molecule has 0 saturated carbocycles. The molecule has 0 aliphatic heterocycles. The highest BCUT2D eigenvalue weighted by molar-refractivity contribution is 5.78. The molecule has 0 heterocycles. The first-order valence-corrected chi connectivity index (χ1v) is 5.84. The van der Waals surface area contributed by atoms with Crippen LogP contribution in [0, 0.1) is 16.7 Å². The van der Waals surface area contributed by atoms with E-state index in [1.54, 1.807) is 6.08 Å². The third kappa shape index (κ3) is 4.40. The maximum Gasteiger partial charge on any atom is 0.149 e. The summed E-state index contributed by atoms with van der Waals surface area (Å²) in [7, 11) is 0. The van der Waals surface area contributed by atoms with Crippen LogP contribution in [0.4, 0.5) is 0 Å². The third-order valence-corrected chi connectivity index (χ3v) is 2.90. The molecule has 92 valence electrons. The second kappa shape index (κ2) is 6.85. The molecule has 0 radical (unpaired) electrons. The van der Waals surface area contributed by atoms with Crippen molar-refractivity contribution in [2.45, 2.75) is 41.0 Å². The standard InChI is InChI=1S/C15H21NO/c1-6-12(3)13(10-17)8-9-14(7-2)15(4,5)11-16/h7-10H,6H2,1-5H3/b9-8-,13-12+,14-7+. The summed E-state index contributed by atoms with van der Waals surface area (Å²) in [6, 6.07) is 2.25. The topological polar surface area (TPSA) is 40.9 Å². The molecule has 2 nitrogen and oxygen atoms in total. The predicted octanol–water partition coefficient (Wildman–Crippen LogP) is 3.96. The molecule has 0 amide bonds. The van der Waals surface area contributed by atoms with Gasteiger partial charge in [-0.25, -0.2) is 0 Å². The molecule has 2 heteroatoms. The fourth-order valence-corrected chi connectivity index (χ4v) is 1.40. The fourth-order valence-electron chi connectivity index (χ4n) is 1.40. The average Bonchev–Trinajstić information content (AvgIpc) is 2.33. The van der Waals surface area contributed by atoms with Crippen molar-refractivity contribution in [3.63, 3.8) is 0 Å². The van der Waals surface area contributed by atoms with E-state index < -0.39 is 5.41 Å². The number of carbonyl (C=O) groups excluding carboxylic acids is 1. The van der Waals surface area contributed by atoms with E-state index in [1.807, 2.05) is 46.8 Å². The molecule has 0 spiro atoms. The molecule has 0 unspecified atom stereocenters. The molecule has 0 fully saturated rings. The van der Waals surface area contributed by atoms with Crippen LogP contribution in [0.5, 0.6) is 0 Å². The largest absolute Gasteiger partial charge is 0.298 e. The van der Waals surface area contributed by atoms with Crippen LogP contribution in [-0.4, -0.2) is 6.29 Å². The van der Waals surface area contributed by atoms with Crippen molar-refractivity contribution < 1.29 is 4.79 Å². The van der Waals surface area contributed by atoms with Gasteiger partial charge in [-0.05, 0) is 39.7 Å². The van der Waals surface area contributed by atoms with Crippen molar-refractivity contribution in [2.75, 3.05) is 0 Å². The van der Waals surface area contributed by atoms with E-state index in [-0.39, 0.29) is 0 Å². The molecule has 0 atom stereocenters. The van der Waals surface area contributed by atoms with Gasteiger partial charge in [0.15, 0.2) is 0 Å². The minimum atomic E-state index is -0.528. The minimum absolute atomic E-state index is 0.528. The van der Waals surface area contributed by atoms with Gasteiger partial charge in [-0.2, -0.15) is 5.26 Å². The lowest BCUT2D eigenvalue weighted by molar-refractivity contribution is -0.104. The Kier molecular flexibility index (Phi) is 6.20. The zero-order valence-corrected chi connectivity index (χ0v) is 11.4. The molecule has 0 aromatic rings. The number of nitriles is 1. The minimum Gasteiger partial charge on any atom is -0.298 e. The Morgan fingerprint density at radius 3 is 2.29 bits per heavy atom. The molecule has 17 heavy (non-hydrogen) atoms. The highest BCUT2D eigenvalue weighted by atomic mass is 16.1. The smallest absolute Gasteiger partial charge is 0.149 e. The molecule has 0 N–H and O–H groups in total. The van der Waals surface area contributed by atoms with Crippen LogP contribution in [0.25, 0.3) is 0 Å². The molecular formula is C15H21NO. The van der Waals surface area contributed by atoms with Gasteiger partial charge in [0.05, 0.1) is 11.5 Å². The van der Waals surface area contributed by atoms with Gasteiger partial charge < -0.3 is 0 Å². The number of rotatable bonds is 5. The predicted molar refractivity (Wildman–Crippen MR) is 71.3 cm³/mol. The summed E-state index contributed by atoms with van der Waals surface area (Å²) >= 11 is 0. The van der Waals surface area contributed by atoms with E-state index >= 15 is 0 Å². The molecule has 0 aromatic heterocycles. The van der Waals surface area contributed by atoms with Gasteiger partial charge in [-0.15, -0.1) is 0 Å². The van der Waals surface area contributed by atoms with Crippen LogP contribution in [0.15, 0.2) is 34.9 Å². The van der Waals surface area contributed by atoms with Crippen LogP contribution in [0.1, 0.15) is 41.0 Å². The Balaban J connectivity index is 5.21. The molecule has 0 aliphatic carbocycles. The van der Waals surface area contributed by atoms with E-state index in [0.29, 0.717) is 5.57 Å². The van der Waals surface area contributed by atoms with Gasteiger partial charge in [-0.3, -0.25) is 4.79 Å². The van der Waals surface area contributed by atoms with E-state index in [2.05, 4.69) is 6.07 Å². The number of allylic oxidation sites excluding steroid dienone is 6. The molecule has 0 aromatic carbocycles. The average molecular weight is 231 g/mol. The summed E-state index contributed by atoms with van der Waals surface area (Å²) in [6.07, 6.45) is 7.27. The first-order valence-electron chi connectivity index (χ1n) is 5.84. The Morgan fingerprint density at radius 2 is 1.94 bits per heavy atom. The van der Waals surface area contributed by atoms with Gasteiger partial charge >= 0.3 is 0 Å². The molecule has 0 saturated heterocycles. The van der Waals surface area contributed by atoms with Crippen LogP contribution in [0.2, 0.25) is 0 Å². The van der Waals surface area contributed by atoms with Crippen LogP contribution in [-0.2, 0) is 4.79 Å². The molecular weight excluding hydrogens is 210 g/mol. The van der Waals surface area contributed by atoms with E-state index in [0.717, 1.165) is 23.9 Å². The Morgan fingerprint density at radius 1 is 1.35 bits per heavy atom. The first kappa shape index (κ1) is 15.4. The summed E-state index contributed by atoms with van der Waals surface area (Å²) in [5.74, 6) is 0. The Labute approximate surface area is 104 Å². The van der Waals surface area contributed by atoms with Gasteiger partial charge in [0, 0.05) is 5.57 Å². The lowest BCUT2D eigenvalue weighted by Crippen LogP contribution is -2.10. The zero-order valence-electron chi connectivity index (χ0n) is 11.4. The van der Waals surface area contributed by atoms with E-state index in [9.17, 15) is 4.79 Å². The van der Waals surface area contributed by atoms with Crippen LogP contribution >= 0.6 is 0 Å². The monoisotopic (exact) mass is 231 g/mol. The van der Waals surface area contributed by atoms with Crippen molar-refractivity contribution in [1.29, 1.82) is 5.26 Å². The number of carbonyl (C=O) groups is 1. The number of aldehydes is 1. The first-order chi connectivity index (χ1) is 7.92. The molecule has 0 rings (SSSR count). The number of hydrogen-bond donors (Lipinski definition) is 0. The Hall–Kier alpha value is -1.62. The van der Waals surface area contributed by atoms with Crippen molar-refractivity contribution in [3.8, 4) is 6.07 Å². The summed E-state index contributed by atoms with van der Waals surface area (Å²) in [4.78, 5) is 10.9. The van der Waals surface area contributed by atoms with Crippen molar-refractivity contribution in [3.05, 3.63) is 34.9 Å². The van der Waals surface area contributed by atoms with Crippen LogP contribution < -0.4 is 0 Å². The second-order valence-corrected chi connectivity index (χ2v) is 4.52. The maximum atomic E-state index is 10.9. The van der Waals surface area contributed by atoms with E-state index in [1.165, 1.54) is 0 Å². The van der Waals surface area contributed by atoms with Gasteiger partial charge in [0.1, 0.15) is 6.29 Å². The number of hydrogen-bond acceptors (Lipinski definition) is 2.